The lowest BCUT2D eigenvalue weighted by molar-refractivity contribution is 0.0789. The average Bonchev–Trinajstić information content (AvgIpc) is 3.34. The third-order valence-electron chi connectivity index (χ3n) is 5.69. The molecule has 0 aliphatic heterocycles. The number of thiophene rings is 1. The van der Waals surface area contributed by atoms with Gasteiger partial charge in [-0.15, -0.1) is 11.3 Å². The Hall–Kier alpha value is -1.81. The highest BCUT2D eigenvalue weighted by Gasteiger charge is 2.36. The second-order valence-corrected chi connectivity index (χ2v) is 11.2. The van der Waals surface area contributed by atoms with Crippen LogP contribution in [0.25, 0.3) is 0 Å². The lowest BCUT2D eigenvalue weighted by atomic mass is 9.90. The van der Waals surface area contributed by atoms with Crippen molar-refractivity contribution in [3.8, 4) is 0 Å². The maximum Gasteiger partial charge on any atom is 0.316 e. The monoisotopic (exact) mass is 450 g/mol. The molecule has 1 unspecified atom stereocenters. The van der Waals surface area contributed by atoms with Crippen molar-refractivity contribution in [2.75, 3.05) is 5.32 Å². The number of anilines is 1. The van der Waals surface area contributed by atoms with Crippen molar-refractivity contribution in [1.82, 2.24) is 4.98 Å². The number of hydrogen-bond donors (Lipinski definition) is 4. The lowest BCUT2D eigenvalue weighted by Crippen LogP contribution is -2.22. The van der Waals surface area contributed by atoms with Crippen LogP contribution in [-0.2, 0) is 41.3 Å². The number of aryl methyl sites for hydroxylation is 1. The van der Waals surface area contributed by atoms with Crippen LogP contribution in [0.1, 0.15) is 68.6 Å². The summed E-state index contributed by atoms with van der Waals surface area (Å²) in [4.78, 5) is 16.1. The number of hydrogen-bond acceptors (Lipinski definition) is 5. The first-order valence-corrected chi connectivity index (χ1v) is 12.1. The number of nitrogens with one attached hydrogen (secondary N) is 1. The molecule has 0 spiro atoms. The summed E-state index contributed by atoms with van der Waals surface area (Å²) in [6.07, 6.45) is 5.22. The molecule has 0 bridgehead atoms. The number of nitrogens with zero attached hydrogens (tertiary/aromatic N) is 1. The van der Waals surface area contributed by atoms with Gasteiger partial charge >= 0.3 is 6.03 Å². The SMILES string of the molecule is CC(C)(O)c1csc(S(N)=O)c1.CC1(C)CCc2c1nc1c(c2NC(N)=O)CCC1. The first kappa shape index (κ1) is 22.9. The van der Waals surface area contributed by atoms with Gasteiger partial charge in [-0.2, -0.15) is 0 Å². The molecule has 2 amide bonds. The van der Waals surface area contributed by atoms with Gasteiger partial charge in [0, 0.05) is 11.1 Å². The first-order chi connectivity index (χ1) is 13.9. The minimum Gasteiger partial charge on any atom is -0.386 e. The van der Waals surface area contributed by atoms with E-state index < -0.39 is 22.6 Å². The van der Waals surface area contributed by atoms with Gasteiger partial charge in [0.05, 0.1) is 17.0 Å². The predicted molar refractivity (Wildman–Crippen MR) is 121 cm³/mol. The summed E-state index contributed by atoms with van der Waals surface area (Å²) < 4.78 is 11.4. The molecule has 0 saturated carbocycles. The maximum absolute atomic E-state index is 11.2. The second-order valence-electron chi connectivity index (χ2n) is 8.98. The Morgan fingerprint density at radius 1 is 1.30 bits per heavy atom. The molecule has 30 heavy (non-hydrogen) atoms. The third-order valence-corrected chi connectivity index (χ3v) is 7.71. The van der Waals surface area contributed by atoms with Crippen LogP contribution in [0.2, 0.25) is 0 Å². The van der Waals surface area contributed by atoms with Gasteiger partial charge in [-0.25, -0.2) is 14.1 Å². The Kier molecular flexibility index (Phi) is 6.38. The molecule has 2 aromatic heterocycles. The van der Waals surface area contributed by atoms with Gasteiger partial charge < -0.3 is 16.2 Å². The maximum atomic E-state index is 11.2. The molecule has 2 aromatic rings. The summed E-state index contributed by atoms with van der Waals surface area (Å²) in [5.41, 5.74) is 11.0. The molecule has 9 heteroatoms. The van der Waals surface area contributed by atoms with Crippen molar-refractivity contribution in [1.29, 1.82) is 0 Å². The summed E-state index contributed by atoms with van der Waals surface area (Å²) in [5.74, 6) is 0. The largest absolute Gasteiger partial charge is 0.386 e. The number of fused-ring (bicyclic) bond motifs is 2. The molecule has 0 aromatic carbocycles. The molecule has 2 heterocycles. The summed E-state index contributed by atoms with van der Waals surface area (Å²) in [5, 5.41) is 19.3. The van der Waals surface area contributed by atoms with E-state index in [4.69, 9.17) is 15.9 Å². The number of aromatic nitrogens is 1. The molecular weight excluding hydrogens is 420 g/mol. The molecule has 0 radical (unpaired) electrons. The first-order valence-electron chi connectivity index (χ1n) is 9.99. The molecule has 2 aliphatic rings. The van der Waals surface area contributed by atoms with Crippen LogP contribution in [0.5, 0.6) is 0 Å². The summed E-state index contributed by atoms with van der Waals surface area (Å²) in [6, 6.07) is 1.20. The van der Waals surface area contributed by atoms with E-state index in [-0.39, 0.29) is 5.41 Å². The van der Waals surface area contributed by atoms with Crippen LogP contribution >= 0.6 is 11.3 Å². The van der Waals surface area contributed by atoms with Crippen molar-refractivity contribution in [2.45, 2.75) is 75.0 Å². The molecule has 0 fully saturated rings. The summed E-state index contributed by atoms with van der Waals surface area (Å²) >= 11 is 1.30. The number of amides is 2. The fourth-order valence-corrected chi connectivity index (χ4v) is 5.56. The van der Waals surface area contributed by atoms with E-state index in [1.54, 1.807) is 25.3 Å². The number of carbonyl (C=O) groups is 1. The fraction of sp³-hybridized carbons (Fsp3) is 0.524. The van der Waals surface area contributed by atoms with E-state index in [2.05, 4.69) is 19.2 Å². The van der Waals surface area contributed by atoms with Gasteiger partial charge in [0.1, 0.15) is 15.2 Å². The van der Waals surface area contributed by atoms with Crippen molar-refractivity contribution in [2.24, 2.45) is 10.9 Å². The van der Waals surface area contributed by atoms with Crippen LogP contribution in [-0.4, -0.2) is 20.3 Å². The Morgan fingerprint density at radius 3 is 2.53 bits per heavy atom. The Balaban J connectivity index is 0.000000187. The second kappa shape index (κ2) is 8.37. The van der Waals surface area contributed by atoms with Gasteiger partial charge in [0.25, 0.3) is 0 Å². The van der Waals surface area contributed by atoms with Gasteiger partial charge in [0.15, 0.2) is 0 Å². The Morgan fingerprint density at radius 2 is 2.00 bits per heavy atom. The fourth-order valence-electron chi connectivity index (χ4n) is 4.00. The Labute approximate surface area is 183 Å². The molecular formula is C21H30N4O3S2. The van der Waals surface area contributed by atoms with Gasteiger partial charge in [-0.1, -0.05) is 13.8 Å². The molecule has 7 nitrogen and oxygen atoms in total. The normalized spacial score (nSPS) is 17.5. The third kappa shape index (κ3) is 4.74. The van der Waals surface area contributed by atoms with E-state index in [1.165, 1.54) is 22.5 Å². The minimum atomic E-state index is -1.44. The number of primary amides is 1. The quantitative estimate of drug-likeness (QED) is 0.571. The van der Waals surface area contributed by atoms with Crippen LogP contribution in [0, 0.1) is 0 Å². The van der Waals surface area contributed by atoms with Gasteiger partial charge in [0.2, 0.25) is 0 Å². The topological polar surface area (TPSA) is 131 Å². The summed E-state index contributed by atoms with van der Waals surface area (Å²) in [7, 11) is -1.44. The molecule has 2 aliphatic carbocycles. The van der Waals surface area contributed by atoms with Crippen LogP contribution in [0.3, 0.4) is 0 Å². The zero-order chi connectivity index (χ0) is 22.3. The standard InChI is InChI=1S/C14H19N3O.C7H11NO2S2/c1-14(2)7-6-9-11(17-13(15)18)8-4-3-5-10(8)16-12(9)14;1-7(2,9)5-3-6(11-4-5)12(8)10/h3-7H2,1-2H3,(H3,15,16,17,18);3-4,9H,8H2,1-2H3. The zero-order valence-electron chi connectivity index (χ0n) is 17.9. The van der Waals surface area contributed by atoms with Crippen molar-refractivity contribution in [3.63, 3.8) is 0 Å². The van der Waals surface area contributed by atoms with Crippen molar-refractivity contribution < 1.29 is 14.1 Å². The zero-order valence-corrected chi connectivity index (χ0v) is 19.5. The molecule has 6 N–H and O–H groups in total. The average molecular weight is 451 g/mol. The predicted octanol–water partition coefficient (Wildman–Crippen LogP) is 3.24. The highest BCUT2D eigenvalue weighted by Crippen LogP contribution is 2.44. The number of pyridine rings is 1. The van der Waals surface area contributed by atoms with Gasteiger partial charge in [-0.05, 0) is 74.1 Å². The van der Waals surface area contributed by atoms with E-state index in [0.29, 0.717) is 4.21 Å². The summed E-state index contributed by atoms with van der Waals surface area (Å²) in [6.45, 7) is 7.80. The number of nitrogens with two attached hydrogens (primary N) is 2. The van der Waals surface area contributed by atoms with Gasteiger partial charge in [-0.3, -0.25) is 4.98 Å². The molecule has 0 saturated heterocycles. The Bertz CT molecular complexity index is 993. The smallest absolute Gasteiger partial charge is 0.316 e. The lowest BCUT2D eigenvalue weighted by Gasteiger charge is -2.20. The van der Waals surface area contributed by atoms with Crippen LogP contribution in [0.15, 0.2) is 15.7 Å². The molecule has 4 rings (SSSR count). The number of carbonyl (C=O) groups excluding carboxylic acids is 1. The number of aliphatic hydroxyl groups is 1. The van der Waals surface area contributed by atoms with E-state index in [0.717, 1.165) is 54.7 Å². The van der Waals surface area contributed by atoms with E-state index in [9.17, 15) is 14.1 Å². The molecule has 164 valence electrons. The highest BCUT2D eigenvalue weighted by molar-refractivity contribution is 7.85. The van der Waals surface area contributed by atoms with Crippen LogP contribution in [0.4, 0.5) is 10.5 Å². The van der Waals surface area contributed by atoms with E-state index >= 15 is 0 Å². The minimum absolute atomic E-state index is 0.112. The van der Waals surface area contributed by atoms with Crippen molar-refractivity contribution in [3.05, 3.63) is 39.5 Å². The number of rotatable bonds is 3. The van der Waals surface area contributed by atoms with Crippen LogP contribution < -0.4 is 16.2 Å². The number of urea groups is 1. The molecule has 1 atom stereocenters. The highest BCUT2D eigenvalue weighted by atomic mass is 32.2. The van der Waals surface area contributed by atoms with E-state index in [1.807, 2.05) is 0 Å². The van der Waals surface area contributed by atoms with Crippen molar-refractivity contribution >= 4 is 34.0 Å².